The van der Waals surface area contributed by atoms with Crippen LogP contribution in [0.25, 0.3) is 0 Å². The van der Waals surface area contributed by atoms with Crippen molar-refractivity contribution in [2.24, 2.45) is 11.7 Å². The maximum absolute atomic E-state index is 11.9. The Balaban J connectivity index is 2.99. The Labute approximate surface area is 110 Å². The van der Waals surface area contributed by atoms with Crippen LogP contribution in [0.5, 0.6) is 5.75 Å². The van der Waals surface area contributed by atoms with Crippen LogP contribution in [0.2, 0.25) is 0 Å². The number of aromatic hydroxyl groups is 1. The van der Waals surface area contributed by atoms with Crippen LogP contribution in [0.4, 0.5) is 11.4 Å². The van der Waals surface area contributed by atoms with Gasteiger partial charge in [0.05, 0.1) is 11.0 Å². The molecule has 1 aromatic carbocycles. The van der Waals surface area contributed by atoms with Gasteiger partial charge in [-0.2, -0.15) is 0 Å². The van der Waals surface area contributed by atoms with E-state index in [-0.39, 0.29) is 23.0 Å². The predicted octanol–water partition coefficient (Wildman–Crippen LogP) is 1.61. The van der Waals surface area contributed by atoms with Crippen molar-refractivity contribution >= 4 is 17.3 Å². The van der Waals surface area contributed by atoms with E-state index in [9.17, 15) is 20.0 Å². The normalized spacial score (nSPS) is 13.6. The zero-order valence-corrected chi connectivity index (χ0v) is 10.8. The van der Waals surface area contributed by atoms with E-state index in [0.29, 0.717) is 6.42 Å². The quantitative estimate of drug-likeness (QED) is 0.425. The third-order valence-corrected chi connectivity index (χ3v) is 3.03. The summed E-state index contributed by atoms with van der Waals surface area (Å²) in [5.74, 6) is -0.984. The number of nitrogens with zero attached hydrogens (tertiary/aromatic N) is 1. The molecule has 0 spiro atoms. The fourth-order valence-electron chi connectivity index (χ4n) is 1.53. The first-order chi connectivity index (χ1) is 8.88. The molecule has 19 heavy (non-hydrogen) atoms. The lowest BCUT2D eigenvalue weighted by atomic mass is 9.99. The van der Waals surface area contributed by atoms with Gasteiger partial charge in [-0.3, -0.25) is 14.9 Å². The number of phenolic OH excluding ortho intramolecular Hbond substituents is 1. The molecule has 104 valence electrons. The van der Waals surface area contributed by atoms with E-state index >= 15 is 0 Å². The summed E-state index contributed by atoms with van der Waals surface area (Å²) >= 11 is 0. The van der Waals surface area contributed by atoms with Crippen molar-refractivity contribution in [1.29, 1.82) is 0 Å². The molecule has 0 radical (unpaired) electrons. The molecule has 0 bridgehead atoms. The number of carbonyl (C=O) groups excluding carboxylic acids is 1. The minimum Gasteiger partial charge on any atom is -0.505 e. The van der Waals surface area contributed by atoms with Gasteiger partial charge in [0.2, 0.25) is 5.91 Å². The van der Waals surface area contributed by atoms with Gasteiger partial charge in [-0.1, -0.05) is 26.3 Å². The number of phenols is 1. The number of hydrogen-bond donors (Lipinski definition) is 3. The molecule has 0 saturated heterocycles. The smallest absolute Gasteiger partial charge is 0.296 e. The van der Waals surface area contributed by atoms with Crippen molar-refractivity contribution in [3.8, 4) is 5.75 Å². The summed E-state index contributed by atoms with van der Waals surface area (Å²) in [7, 11) is 0. The number of anilines is 1. The van der Waals surface area contributed by atoms with Gasteiger partial charge in [-0.25, -0.2) is 0 Å². The van der Waals surface area contributed by atoms with Crippen molar-refractivity contribution in [2.75, 3.05) is 5.32 Å². The van der Waals surface area contributed by atoms with Crippen molar-refractivity contribution in [3.05, 3.63) is 28.3 Å². The summed E-state index contributed by atoms with van der Waals surface area (Å²) in [5.41, 5.74) is 5.14. The molecule has 4 N–H and O–H groups in total. The number of nitrogens with two attached hydrogens (primary N) is 1. The molecule has 0 aliphatic rings. The van der Waals surface area contributed by atoms with Crippen LogP contribution in [0.3, 0.4) is 0 Å². The molecule has 0 aliphatic heterocycles. The van der Waals surface area contributed by atoms with Crippen molar-refractivity contribution in [3.63, 3.8) is 0 Å². The average Bonchev–Trinajstić information content (AvgIpc) is 2.38. The highest BCUT2D eigenvalue weighted by Crippen LogP contribution is 2.33. The lowest BCUT2D eigenvalue weighted by Crippen LogP contribution is -2.40. The Morgan fingerprint density at radius 1 is 1.58 bits per heavy atom. The Kier molecular flexibility index (Phi) is 4.82. The van der Waals surface area contributed by atoms with Gasteiger partial charge in [0.25, 0.3) is 5.69 Å². The molecule has 7 heteroatoms. The lowest BCUT2D eigenvalue weighted by molar-refractivity contribution is -0.384. The standard InChI is InChI=1S/C12H17N3O4/c1-3-7(2)10(13)12(17)14-11-8(15(18)19)5-4-6-9(11)16/h4-7,10,16H,3,13H2,1-2H3,(H,14,17)/t7-,10-/m0/s1. The van der Waals surface area contributed by atoms with E-state index in [4.69, 9.17) is 5.73 Å². The zero-order valence-electron chi connectivity index (χ0n) is 10.8. The first-order valence-corrected chi connectivity index (χ1v) is 5.91. The van der Waals surface area contributed by atoms with Crippen molar-refractivity contribution < 1.29 is 14.8 Å². The number of nitro benzene ring substituents is 1. The van der Waals surface area contributed by atoms with E-state index in [1.807, 2.05) is 13.8 Å². The number of carbonyl (C=O) groups is 1. The maximum atomic E-state index is 11.9. The molecule has 0 fully saturated rings. The van der Waals surface area contributed by atoms with Crippen molar-refractivity contribution in [2.45, 2.75) is 26.3 Å². The summed E-state index contributed by atoms with van der Waals surface area (Å²) in [6.07, 6.45) is 0.706. The van der Waals surface area contributed by atoms with Crippen LogP contribution < -0.4 is 11.1 Å². The summed E-state index contributed by atoms with van der Waals surface area (Å²) in [5, 5.41) is 22.8. The van der Waals surface area contributed by atoms with E-state index < -0.39 is 16.9 Å². The molecule has 0 aliphatic carbocycles. The summed E-state index contributed by atoms with van der Waals surface area (Å²) in [6.45, 7) is 3.70. The van der Waals surface area contributed by atoms with Crippen LogP contribution in [0.1, 0.15) is 20.3 Å². The minimum absolute atomic E-state index is 0.0649. The Bertz CT molecular complexity index is 490. The van der Waals surface area contributed by atoms with Crippen LogP contribution in [-0.4, -0.2) is 22.0 Å². The highest BCUT2D eigenvalue weighted by atomic mass is 16.6. The largest absolute Gasteiger partial charge is 0.505 e. The fraction of sp³-hybridized carbons (Fsp3) is 0.417. The molecule has 0 aromatic heterocycles. The van der Waals surface area contributed by atoms with Gasteiger partial charge in [0.15, 0.2) is 5.69 Å². The number of amides is 1. The molecule has 0 unspecified atom stereocenters. The minimum atomic E-state index is -0.788. The van der Waals surface area contributed by atoms with Gasteiger partial charge < -0.3 is 16.2 Å². The SMILES string of the molecule is CC[C@H](C)[C@H](N)C(=O)Nc1c(O)cccc1[N+](=O)[O-]. The van der Waals surface area contributed by atoms with E-state index in [1.165, 1.54) is 18.2 Å². The Hall–Kier alpha value is -2.15. The number of nitro groups is 1. The van der Waals surface area contributed by atoms with Gasteiger partial charge in [-0.05, 0) is 12.0 Å². The van der Waals surface area contributed by atoms with Gasteiger partial charge in [-0.15, -0.1) is 0 Å². The summed E-state index contributed by atoms with van der Waals surface area (Å²) < 4.78 is 0. The predicted molar refractivity (Wildman–Crippen MR) is 70.8 cm³/mol. The van der Waals surface area contributed by atoms with Crippen LogP contribution >= 0.6 is 0 Å². The number of benzene rings is 1. The molecule has 1 aromatic rings. The van der Waals surface area contributed by atoms with E-state index in [1.54, 1.807) is 0 Å². The third kappa shape index (κ3) is 3.41. The highest BCUT2D eigenvalue weighted by molar-refractivity contribution is 5.98. The second-order valence-corrected chi connectivity index (χ2v) is 4.33. The van der Waals surface area contributed by atoms with E-state index in [0.717, 1.165) is 0 Å². The lowest BCUT2D eigenvalue weighted by Gasteiger charge is -2.18. The molecule has 0 heterocycles. The second-order valence-electron chi connectivity index (χ2n) is 4.33. The fourth-order valence-corrected chi connectivity index (χ4v) is 1.53. The summed E-state index contributed by atoms with van der Waals surface area (Å²) in [6, 6.07) is 3.00. The molecule has 2 atom stereocenters. The van der Waals surface area contributed by atoms with Crippen LogP contribution in [-0.2, 0) is 4.79 Å². The highest BCUT2D eigenvalue weighted by Gasteiger charge is 2.24. The number of hydrogen-bond acceptors (Lipinski definition) is 5. The Morgan fingerprint density at radius 3 is 2.74 bits per heavy atom. The van der Waals surface area contributed by atoms with Gasteiger partial charge in [0.1, 0.15) is 5.75 Å². The number of para-hydroxylation sites is 1. The first kappa shape index (κ1) is 14.9. The number of rotatable bonds is 5. The average molecular weight is 267 g/mol. The molecular weight excluding hydrogens is 250 g/mol. The molecule has 1 rings (SSSR count). The third-order valence-electron chi connectivity index (χ3n) is 3.03. The molecule has 7 nitrogen and oxygen atoms in total. The Morgan fingerprint density at radius 2 is 2.21 bits per heavy atom. The molecule has 0 saturated carbocycles. The maximum Gasteiger partial charge on any atom is 0.296 e. The summed E-state index contributed by atoms with van der Waals surface area (Å²) in [4.78, 5) is 22.0. The number of nitrogens with one attached hydrogen (secondary N) is 1. The topological polar surface area (TPSA) is 118 Å². The van der Waals surface area contributed by atoms with Gasteiger partial charge in [0, 0.05) is 6.07 Å². The van der Waals surface area contributed by atoms with Gasteiger partial charge >= 0.3 is 0 Å². The molecule has 1 amide bonds. The monoisotopic (exact) mass is 267 g/mol. The zero-order chi connectivity index (χ0) is 14.6. The van der Waals surface area contributed by atoms with Crippen LogP contribution in [0.15, 0.2) is 18.2 Å². The second kappa shape index (κ2) is 6.14. The first-order valence-electron chi connectivity index (χ1n) is 5.91. The van der Waals surface area contributed by atoms with E-state index in [2.05, 4.69) is 5.32 Å². The van der Waals surface area contributed by atoms with Crippen molar-refractivity contribution in [1.82, 2.24) is 0 Å². The molecular formula is C12H17N3O4. The van der Waals surface area contributed by atoms with Crippen LogP contribution in [0, 0.1) is 16.0 Å².